The van der Waals surface area contributed by atoms with Crippen LogP contribution < -0.4 is 10.0 Å². The number of nitrogens with zero attached hydrogens (tertiary/aromatic N) is 1. The first kappa shape index (κ1) is 24.5. The number of aromatic nitrogens is 1. The van der Waals surface area contributed by atoms with Gasteiger partial charge < -0.3 is 9.84 Å². The van der Waals surface area contributed by atoms with Crippen LogP contribution in [0.4, 0.5) is 5.69 Å². The van der Waals surface area contributed by atoms with Gasteiger partial charge in [0.15, 0.2) is 0 Å². The lowest BCUT2D eigenvalue weighted by Gasteiger charge is -2.28. The lowest BCUT2D eigenvalue weighted by molar-refractivity contribution is 0.256. The molecule has 0 bridgehead atoms. The van der Waals surface area contributed by atoms with Crippen molar-refractivity contribution < 1.29 is 12.9 Å². The first-order valence-electron chi connectivity index (χ1n) is 12.2. The standard InChI is InChI=1S/C27H35N3O3S/c1-19(22-9-5-4-6-10-22)17-28-18-24-11-7-8-12-26(24)30-34(31,32)25-15-13-23(14-16-25)27-20(2)29-33-21(27)3/h7-8,11-16,19,22,28,30H,4-6,9-10,17-18H2,1-3H3. The molecule has 1 saturated carbocycles. The molecule has 1 aliphatic rings. The van der Waals surface area contributed by atoms with Gasteiger partial charge in [0.05, 0.1) is 16.3 Å². The number of nitrogens with one attached hydrogen (secondary N) is 2. The van der Waals surface area contributed by atoms with Gasteiger partial charge in [0, 0.05) is 12.1 Å². The molecule has 0 spiro atoms. The zero-order valence-electron chi connectivity index (χ0n) is 20.3. The monoisotopic (exact) mass is 481 g/mol. The Labute approximate surface area is 203 Å². The first-order valence-corrected chi connectivity index (χ1v) is 13.7. The van der Waals surface area contributed by atoms with Crippen LogP contribution in [0.2, 0.25) is 0 Å². The molecule has 0 radical (unpaired) electrons. The van der Waals surface area contributed by atoms with Crippen LogP contribution in [-0.4, -0.2) is 20.1 Å². The van der Waals surface area contributed by atoms with Gasteiger partial charge in [-0.1, -0.05) is 74.5 Å². The van der Waals surface area contributed by atoms with Gasteiger partial charge in [-0.25, -0.2) is 8.42 Å². The van der Waals surface area contributed by atoms with Crippen molar-refractivity contribution in [3.05, 3.63) is 65.5 Å². The summed E-state index contributed by atoms with van der Waals surface area (Å²) >= 11 is 0. The minimum absolute atomic E-state index is 0.219. The van der Waals surface area contributed by atoms with Crippen LogP contribution in [0, 0.1) is 25.7 Å². The van der Waals surface area contributed by atoms with Crippen LogP contribution in [0.3, 0.4) is 0 Å². The molecule has 7 heteroatoms. The van der Waals surface area contributed by atoms with Gasteiger partial charge in [-0.3, -0.25) is 4.72 Å². The van der Waals surface area contributed by atoms with Crippen LogP contribution in [0.25, 0.3) is 11.1 Å². The van der Waals surface area contributed by atoms with Crippen molar-refractivity contribution in [1.82, 2.24) is 10.5 Å². The van der Waals surface area contributed by atoms with Crippen molar-refractivity contribution in [3.63, 3.8) is 0 Å². The number of hydrogen-bond donors (Lipinski definition) is 2. The highest BCUT2D eigenvalue weighted by Gasteiger charge is 2.20. The number of rotatable bonds is 9. The second kappa shape index (κ2) is 10.7. The summed E-state index contributed by atoms with van der Waals surface area (Å²) in [6, 6.07) is 14.4. The van der Waals surface area contributed by atoms with Crippen molar-refractivity contribution in [1.29, 1.82) is 0 Å². The van der Waals surface area contributed by atoms with E-state index >= 15 is 0 Å². The van der Waals surface area contributed by atoms with E-state index in [2.05, 4.69) is 22.1 Å². The Hall–Kier alpha value is -2.64. The topological polar surface area (TPSA) is 84.2 Å². The molecule has 3 aromatic rings. The minimum atomic E-state index is -3.72. The molecule has 4 rings (SSSR count). The van der Waals surface area contributed by atoms with Gasteiger partial charge in [0.25, 0.3) is 10.0 Å². The number of para-hydroxylation sites is 1. The van der Waals surface area contributed by atoms with E-state index < -0.39 is 10.0 Å². The van der Waals surface area contributed by atoms with Crippen LogP contribution in [0.1, 0.15) is 56.0 Å². The van der Waals surface area contributed by atoms with E-state index in [1.807, 2.05) is 38.1 Å². The van der Waals surface area contributed by atoms with Crippen molar-refractivity contribution in [2.75, 3.05) is 11.3 Å². The van der Waals surface area contributed by atoms with Crippen LogP contribution in [0.15, 0.2) is 57.9 Å². The summed E-state index contributed by atoms with van der Waals surface area (Å²) in [4.78, 5) is 0.219. The molecule has 1 heterocycles. The SMILES string of the molecule is Cc1noc(C)c1-c1ccc(S(=O)(=O)Nc2ccccc2CNCC(C)C2CCCCC2)cc1. The third kappa shape index (κ3) is 5.70. The Balaban J connectivity index is 1.42. The van der Waals surface area contributed by atoms with Crippen molar-refractivity contribution in [3.8, 4) is 11.1 Å². The largest absolute Gasteiger partial charge is 0.361 e. The summed E-state index contributed by atoms with van der Waals surface area (Å²) in [5, 5.41) is 7.53. The Morgan fingerprint density at radius 1 is 1.03 bits per heavy atom. The molecule has 1 aromatic heterocycles. The Bertz CT molecular complexity index is 1180. The highest BCUT2D eigenvalue weighted by atomic mass is 32.2. The lowest BCUT2D eigenvalue weighted by Crippen LogP contribution is -2.27. The van der Waals surface area contributed by atoms with Gasteiger partial charge >= 0.3 is 0 Å². The predicted octanol–water partition coefficient (Wildman–Crippen LogP) is 6.07. The quantitative estimate of drug-likeness (QED) is 0.388. The van der Waals surface area contributed by atoms with Gasteiger partial charge in [0.1, 0.15) is 5.76 Å². The third-order valence-corrected chi connectivity index (χ3v) is 8.37. The van der Waals surface area contributed by atoms with Crippen LogP contribution in [0.5, 0.6) is 0 Å². The van der Waals surface area contributed by atoms with E-state index in [1.165, 1.54) is 32.1 Å². The van der Waals surface area contributed by atoms with Crippen LogP contribution in [-0.2, 0) is 16.6 Å². The molecule has 0 saturated heterocycles. The van der Waals surface area contributed by atoms with Crippen LogP contribution >= 0.6 is 0 Å². The van der Waals surface area contributed by atoms with E-state index in [1.54, 1.807) is 24.3 Å². The molecule has 0 aliphatic heterocycles. The van der Waals surface area contributed by atoms with E-state index in [9.17, 15) is 8.42 Å². The van der Waals surface area contributed by atoms with E-state index in [4.69, 9.17) is 4.52 Å². The Morgan fingerprint density at radius 3 is 2.41 bits per heavy atom. The maximum atomic E-state index is 13.1. The highest BCUT2D eigenvalue weighted by Crippen LogP contribution is 2.30. The lowest BCUT2D eigenvalue weighted by atomic mass is 9.81. The fraction of sp³-hybridized carbons (Fsp3) is 0.444. The molecular formula is C27H35N3O3S. The summed E-state index contributed by atoms with van der Waals surface area (Å²) in [5.41, 5.74) is 4.11. The number of sulfonamides is 1. The molecule has 0 amide bonds. The number of aryl methyl sites for hydroxylation is 2. The molecule has 34 heavy (non-hydrogen) atoms. The van der Waals surface area contributed by atoms with Crippen molar-refractivity contribution >= 4 is 15.7 Å². The number of hydrogen-bond acceptors (Lipinski definition) is 5. The molecule has 2 N–H and O–H groups in total. The predicted molar refractivity (Wildman–Crippen MR) is 136 cm³/mol. The fourth-order valence-electron chi connectivity index (χ4n) is 4.98. The van der Waals surface area contributed by atoms with Gasteiger partial charge in [-0.05, 0) is 61.6 Å². The maximum Gasteiger partial charge on any atom is 0.261 e. The number of anilines is 1. The molecule has 1 fully saturated rings. The van der Waals surface area contributed by atoms with Gasteiger partial charge in [-0.2, -0.15) is 0 Å². The maximum absolute atomic E-state index is 13.1. The summed E-state index contributed by atoms with van der Waals surface area (Å²) < 4.78 is 34.2. The molecule has 2 aromatic carbocycles. The van der Waals surface area contributed by atoms with E-state index in [0.29, 0.717) is 23.9 Å². The average Bonchev–Trinajstić information content (AvgIpc) is 3.18. The van der Waals surface area contributed by atoms with Crippen molar-refractivity contribution in [2.24, 2.45) is 11.8 Å². The molecule has 1 unspecified atom stereocenters. The summed E-state index contributed by atoms with van der Waals surface area (Å²) in [5.74, 6) is 2.13. The van der Waals surface area contributed by atoms with Gasteiger partial charge in [-0.15, -0.1) is 0 Å². The normalized spacial score (nSPS) is 15.9. The second-order valence-corrected chi connectivity index (χ2v) is 11.2. The molecule has 6 nitrogen and oxygen atoms in total. The molecule has 182 valence electrons. The Kier molecular flexibility index (Phi) is 7.73. The molecule has 1 aliphatic carbocycles. The van der Waals surface area contributed by atoms with E-state index in [0.717, 1.165) is 34.8 Å². The molecule has 1 atom stereocenters. The minimum Gasteiger partial charge on any atom is -0.361 e. The van der Waals surface area contributed by atoms with Crippen molar-refractivity contribution in [2.45, 2.75) is 64.3 Å². The zero-order chi connectivity index (χ0) is 24.1. The smallest absolute Gasteiger partial charge is 0.261 e. The zero-order valence-corrected chi connectivity index (χ0v) is 21.1. The summed E-state index contributed by atoms with van der Waals surface area (Å²) in [6.45, 7) is 7.61. The third-order valence-electron chi connectivity index (χ3n) is 6.98. The Morgan fingerprint density at radius 2 is 1.74 bits per heavy atom. The van der Waals surface area contributed by atoms with E-state index in [-0.39, 0.29) is 4.90 Å². The number of benzene rings is 2. The highest BCUT2D eigenvalue weighted by molar-refractivity contribution is 7.92. The average molecular weight is 482 g/mol. The summed E-state index contributed by atoms with van der Waals surface area (Å²) in [6.07, 6.45) is 6.72. The summed E-state index contributed by atoms with van der Waals surface area (Å²) in [7, 11) is -3.72. The van der Waals surface area contributed by atoms with Gasteiger partial charge in [0.2, 0.25) is 0 Å². The second-order valence-electron chi connectivity index (χ2n) is 9.49. The first-order chi connectivity index (χ1) is 16.3. The molecular weight excluding hydrogens is 446 g/mol. The fourth-order valence-corrected chi connectivity index (χ4v) is 6.08.